The molecule has 22 heavy (non-hydrogen) atoms. The number of sulfonamides is 1. The largest absolute Gasteiger partial charge is 0.324 e. The number of rotatable bonds is 3. The van der Waals surface area contributed by atoms with Crippen LogP contribution in [0.2, 0.25) is 5.15 Å². The predicted molar refractivity (Wildman–Crippen MR) is 85.4 cm³/mol. The third kappa shape index (κ3) is 2.78. The molecule has 0 radical (unpaired) electrons. The topological polar surface area (TPSA) is 55.2 Å². The van der Waals surface area contributed by atoms with Crippen molar-refractivity contribution in [1.82, 2.24) is 13.9 Å². The highest BCUT2D eigenvalue weighted by molar-refractivity contribution is 7.89. The molecule has 5 nitrogen and oxygen atoms in total. The van der Waals surface area contributed by atoms with E-state index >= 15 is 0 Å². The number of benzene rings is 1. The molecular weight excluding hydrogens is 322 g/mol. The van der Waals surface area contributed by atoms with Gasteiger partial charge < -0.3 is 4.57 Å². The molecule has 0 spiro atoms. The molecule has 1 aliphatic rings. The lowest BCUT2D eigenvalue weighted by atomic mass is 9.90. The first-order chi connectivity index (χ1) is 10.5. The molecule has 0 bridgehead atoms. The maximum atomic E-state index is 12.6. The molecule has 0 N–H and O–H groups in total. The Labute approximate surface area is 135 Å². The van der Waals surface area contributed by atoms with E-state index in [-0.39, 0.29) is 10.2 Å². The minimum Gasteiger partial charge on any atom is -0.324 e. The van der Waals surface area contributed by atoms with Crippen LogP contribution in [0.1, 0.15) is 24.3 Å². The van der Waals surface area contributed by atoms with Gasteiger partial charge in [-0.05, 0) is 24.3 Å². The van der Waals surface area contributed by atoms with Gasteiger partial charge >= 0.3 is 0 Å². The van der Waals surface area contributed by atoms with Crippen LogP contribution in [0.5, 0.6) is 0 Å². The summed E-state index contributed by atoms with van der Waals surface area (Å²) in [5, 5.41) is 0.111. The molecule has 0 atom stereocenters. The first kappa shape index (κ1) is 15.5. The van der Waals surface area contributed by atoms with Crippen molar-refractivity contribution in [2.75, 3.05) is 13.1 Å². The Morgan fingerprint density at radius 2 is 1.82 bits per heavy atom. The van der Waals surface area contributed by atoms with Crippen molar-refractivity contribution in [3.8, 4) is 0 Å². The van der Waals surface area contributed by atoms with Gasteiger partial charge in [0.2, 0.25) is 5.03 Å². The van der Waals surface area contributed by atoms with Gasteiger partial charge in [0.25, 0.3) is 10.0 Å². The highest BCUT2D eigenvalue weighted by Crippen LogP contribution is 2.31. The van der Waals surface area contributed by atoms with E-state index in [2.05, 4.69) is 17.1 Å². The summed E-state index contributed by atoms with van der Waals surface area (Å²) < 4.78 is 28.3. The zero-order valence-corrected chi connectivity index (χ0v) is 13.9. The van der Waals surface area contributed by atoms with Crippen LogP contribution in [0.4, 0.5) is 0 Å². The van der Waals surface area contributed by atoms with Crippen LogP contribution in [0.25, 0.3) is 0 Å². The Morgan fingerprint density at radius 1 is 1.18 bits per heavy atom. The maximum absolute atomic E-state index is 12.6. The molecule has 1 aromatic carbocycles. The van der Waals surface area contributed by atoms with E-state index in [9.17, 15) is 8.42 Å². The molecule has 0 aliphatic carbocycles. The second kappa shape index (κ2) is 6.02. The van der Waals surface area contributed by atoms with Gasteiger partial charge in [-0.15, -0.1) is 0 Å². The second-order valence-electron chi connectivity index (χ2n) is 5.54. The third-order valence-corrected chi connectivity index (χ3v) is 6.53. The highest BCUT2D eigenvalue weighted by atomic mass is 35.5. The lowest BCUT2D eigenvalue weighted by Gasteiger charge is -2.31. The lowest BCUT2D eigenvalue weighted by molar-refractivity contribution is 0.319. The van der Waals surface area contributed by atoms with Crippen LogP contribution in [-0.4, -0.2) is 35.4 Å². The molecule has 0 amide bonds. The molecule has 0 unspecified atom stereocenters. The number of aromatic nitrogens is 2. The average molecular weight is 340 g/mol. The number of hydrogen-bond donors (Lipinski definition) is 0. The zero-order chi connectivity index (χ0) is 15.7. The van der Waals surface area contributed by atoms with Crippen LogP contribution in [-0.2, 0) is 17.1 Å². The van der Waals surface area contributed by atoms with Gasteiger partial charge in [0.15, 0.2) is 0 Å². The van der Waals surface area contributed by atoms with Gasteiger partial charge in [-0.2, -0.15) is 4.31 Å². The number of nitrogens with zero attached hydrogens (tertiary/aromatic N) is 3. The second-order valence-corrected chi connectivity index (χ2v) is 7.75. The van der Waals surface area contributed by atoms with E-state index in [4.69, 9.17) is 11.6 Å². The smallest absolute Gasteiger partial charge is 0.263 e. The molecule has 0 saturated carbocycles. The van der Waals surface area contributed by atoms with Crippen molar-refractivity contribution in [2.45, 2.75) is 23.8 Å². The molecule has 1 fully saturated rings. The molecule has 118 valence electrons. The summed E-state index contributed by atoms with van der Waals surface area (Å²) in [4.78, 5) is 3.94. The normalized spacial score (nSPS) is 17.7. The first-order valence-electron chi connectivity index (χ1n) is 7.22. The van der Waals surface area contributed by atoms with Crippen LogP contribution in [0, 0.1) is 0 Å². The van der Waals surface area contributed by atoms with E-state index < -0.39 is 10.0 Å². The zero-order valence-electron chi connectivity index (χ0n) is 12.3. The van der Waals surface area contributed by atoms with Gasteiger partial charge in [-0.25, -0.2) is 13.4 Å². The number of imidazole rings is 1. The minimum atomic E-state index is -3.61. The Kier molecular flexibility index (Phi) is 4.25. The number of hydrogen-bond acceptors (Lipinski definition) is 3. The molecule has 7 heteroatoms. The fourth-order valence-electron chi connectivity index (χ4n) is 2.84. The van der Waals surface area contributed by atoms with Crippen molar-refractivity contribution in [1.29, 1.82) is 0 Å². The monoisotopic (exact) mass is 339 g/mol. The summed E-state index contributed by atoms with van der Waals surface area (Å²) in [7, 11) is -1.93. The average Bonchev–Trinajstić information content (AvgIpc) is 2.88. The number of piperidine rings is 1. The highest BCUT2D eigenvalue weighted by Gasteiger charge is 2.33. The Morgan fingerprint density at radius 3 is 2.36 bits per heavy atom. The quantitative estimate of drug-likeness (QED) is 0.863. The van der Waals surface area contributed by atoms with Gasteiger partial charge in [-0.3, -0.25) is 0 Å². The SMILES string of the molecule is Cn1cnc(S(=O)(=O)N2CCC(c3ccccc3)CC2)c1Cl. The maximum Gasteiger partial charge on any atom is 0.263 e. The Bertz CT molecular complexity index is 750. The van der Waals surface area contributed by atoms with Gasteiger partial charge in [0.1, 0.15) is 5.15 Å². The fraction of sp³-hybridized carbons (Fsp3) is 0.400. The van der Waals surface area contributed by atoms with Gasteiger partial charge in [0.05, 0.1) is 6.33 Å². The lowest BCUT2D eigenvalue weighted by Crippen LogP contribution is -2.38. The van der Waals surface area contributed by atoms with E-state index in [0.717, 1.165) is 12.8 Å². The summed E-state index contributed by atoms with van der Waals surface area (Å²) in [5.41, 5.74) is 1.27. The molecular formula is C15H18ClN3O2S. The molecule has 1 saturated heterocycles. The van der Waals surface area contributed by atoms with Crippen molar-refractivity contribution in [3.05, 3.63) is 47.4 Å². The summed E-state index contributed by atoms with van der Waals surface area (Å²) in [5.74, 6) is 0.409. The Hall–Kier alpha value is -1.37. The molecule has 3 rings (SSSR count). The first-order valence-corrected chi connectivity index (χ1v) is 9.04. The van der Waals surface area contributed by atoms with Crippen LogP contribution >= 0.6 is 11.6 Å². The molecule has 1 aliphatic heterocycles. The van der Waals surface area contributed by atoms with Crippen LogP contribution < -0.4 is 0 Å². The van der Waals surface area contributed by atoms with Crippen molar-refractivity contribution >= 4 is 21.6 Å². The minimum absolute atomic E-state index is 0.0465. The Balaban J connectivity index is 1.75. The summed E-state index contributed by atoms with van der Waals surface area (Å²) in [6, 6.07) is 10.2. The van der Waals surface area contributed by atoms with E-state index in [0.29, 0.717) is 19.0 Å². The van der Waals surface area contributed by atoms with E-state index in [1.807, 2.05) is 18.2 Å². The molecule has 2 heterocycles. The summed E-state index contributed by atoms with van der Waals surface area (Å²) in [6.45, 7) is 0.990. The summed E-state index contributed by atoms with van der Waals surface area (Å²) in [6.07, 6.45) is 3.05. The van der Waals surface area contributed by atoms with Crippen LogP contribution in [0.15, 0.2) is 41.7 Å². The summed E-state index contributed by atoms with van der Waals surface area (Å²) >= 11 is 6.03. The van der Waals surface area contributed by atoms with Gasteiger partial charge in [-0.1, -0.05) is 41.9 Å². The fourth-order valence-corrected chi connectivity index (χ4v) is 4.70. The molecule has 1 aromatic heterocycles. The van der Waals surface area contributed by atoms with E-state index in [1.54, 1.807) is 7.05 Å². The standard InChI is InChI=1S/C15H18ClN3O2S/c1-18-11-17-15(14(18)16)22(20,21)19-9-7-13(8-10-19)12-5-3-2-4-6-12/h2-6,11,13H,7-10H2,1H3. The van der Waals surface area contributed by atoms with Crippen molar-refractivity contribution < 1.29 is 8.42 Å². The van der Waals surface area contributed by atoms with E-state index in [1.165, 1.54) is 20.8 Å². The number of halogens is 1. The van der Waals surface area contributed by atoms with Crippen molar-refractivity contribution in [2.24, 2.45) is 7.05 Å². The third-order valence-electron chi connectivity index (χ3n) is 4.14. The molecule has 2 aromatic rings. The number of aryl methyl sites for hydroxylation is 1. The predicted octanol–water partition coefficient (Wildman–Crippen LogP) is 2.64. The van der Waals surface area contributed by atoms with Gasteiger partial charge in [0, 0.05) is 20.1 Å². The van der Waals surface area contributed by atoms with Crippen molar-refractivity contribution in [3.63, 3.8) is 0 Å². The van der Waals surface area contributed by atoms with Crippen LogP contribution in [0.3, 0.4) is 0 Å².